The third-order valence-electron chi connectivity index (χ3n) is 2.34. The number of aliphatic hydroxyl groups excluding tert-OH is 1. The van der Waals surface area contributed by atoms with Crippen LogP contribution in [0.25, 0.3) is 0 Å². The maximum atomic E-state index is 11.2. The Bertz CT molecular complexity index is 446. The fourth-order valence-electron chi connectivity index (χ4n) is 1.38. The van der Waals surface area contributed by atoms with E-state index in [9.17, 15) is 13.5 Å². The number of aliphatic hydroxyl groups is 1. The summed E-state index contributed by atoms with van der Waals surface area (Å²) in [7, 11) is -3.16. The number of hydrogen-bond acceptors (Lipinski definition) is 3. The van der Waals surface area contributed by atoms with Crippen LogP contribution in [0.5, 0.6) is 0 Å². The van der Waals surface area contributed by atoms with Crippen molar-refractivity contribution in [3.8, 4) is 0 Å². The van der Waals surface area contributed by atoms with Crippen molar-refractivity contribution in [3.05, 3.63) is 42.5 Å². The summed E-state index contributed by atoms with van der Waals surface area (Å²) in [6, 6.07) is 6.32. The summed E-state index contributed by atoms with van der Waals surface area (Å²) in [5, 5.41) is 9.75. The van der Waals surface area contributed by atoms with Gasteiger partial charge in [-0.1, -0.05) is 18.2 Å². The maximum absolute atomic E-state index is 11.2. The highest BCUT2D eigenvalue weighted by molar-refractivity contribution is 7.90. The second-order valence-electron chi connectivity index (χ2n) is 3.72. The molecule has 1 unspecified atom stereocenters. The Morgan fingerprint density at radius 3 is 2.38 bits per heavy atom. The van der Waals surface area contributed by atoms with Crippen molar-refractivity contribution in [1.29, 1.82) is 0 Å². The van der Waals surface area contributed by atoms with Crippen LogP contribution in [0, 0.1) is 0 Å². The lowest BCUT2D eigenvalue weighted by molar-refractivity contribution is 0.168. The molecule has 0 aliphatic carbocycles. The first kappa shape index (κ1) is 12.9. The average molecular weight is 240 g/mol. The summed E-state index contributed by atoms with van der Waals surface area (Å²) in [5.74, 6) is 0. The van der Waals surface area contributed by atoms with Crippen LogP contribution in [-0.4, -0.2) is 19.8 Å². The minimum Gasteiger partial charge on any atom is -0.388 e. The molecular weight excluding hydrogens is 224 g/mol. The lowest BCUT2D eigenvalue weighted by Crippen LogP contribution is -2.00. The van der Waals surface area contributed by atoms with Gasteiger partial charge < -0.3 is 5.11 Å². The molecular formula is C12H16O3S. The highest BCUT2D eigenvalue weighted by Crippen LogP contribution is 2.20. The summed E-state index contributed by atoms with van der Waals surface area (Å²) >= 11 is 0. The van der Waals surface area contributed by atoms with Gasteiger partial charge in [-0.2, -0.15) is 0 Å². The molecule has 0 aliphatic heterocycles. The number of sulfone groups is 1. The lowest BCUT2D eigenvalue weighted by atomic mass is 10.1. The van der Waals surface area contributed by atoms with E-state index in [1.165, 1.54) is 12.1 Å². The zero-order valence-corrected chi connectivity index (χ0v) is 10.1. The first-order chi connectivity index (χ1) is 7.45. The van der Waals surface area contributed by atoms with Crippen molar-refractivity contribution < 1.29 is 13.5 Å². The molecule has 16 heavy (non-hydrogen) atoms. The van der Waals surface area contributed by atoms with Gasteiger partial charge in [0.05, 0.1) is 11.0 Å². The molecule has 1 rings (SSSR count). The zero-order chi connectivity index (χ0) is 12.2. The Hall–Kier alpha value is -1.13. The predicted octanol–water partition coefficient (Wildman–Crippen LogP) is 2.09. The molecule has 88 valence electrons. The molecule has 1 N–H and O–H groups in total. The van der Waals surface area contributed by atoms with Crippen LogP contribution in [0.15, 0.2) is 41.8 Å². The van der Waals surface area contributed by atoms with Crippen molar-refractivity contribution >= 4 is 9.84 Å². The fourth-order valence-corrected chi connectivity index (χ4v) is 2.01. The van der Waals surface area contributed by atoms with Crippen molar-refractivity contribution in [3.63, 3.8) is 0 Å². The first-order valence-electron chi connectivity index (χ1n) is 5.04. The molecule has 0 aromatic heterocycles. The molecule has 0 spiro atoms. The van der Waals surface area contributed by atoms with Crippen molar-refractivity contribution in [2.24, 2.45) is 0 Å². The van der Waals surface area contributed by atoms with E-state index in [1.54, 1.807) is 18.2 Å². The molecule has 4 heteroatoms. The van der Waals surface area contributed by atoms with Gasteiger partial charge >= 0.3 is 0 Å². The molecule has 0 saturated carbocycles. The van der Waals surface area contributed by atoms with Gasteiger partial charge in [-0.15, -0.1) is 6.58 Å². The smallest absolute Gasteiger partial charge is 0.175 e. The van der Waals surface area contributed by atoms with Crippen LogP contribution in [0.1, 0.15) is 24.5 Å². The monoisotopic (exact) mass is 240 g/mol. The second kappa shape index (κ2) is 5.27. The number of benzene rings is 1. The minimum atomic E-state index is -3.16. The molecule has 0 amide bonds. The summed E-state index contributed by atoms with van der Waals surface area (Å²) in [6.45, 7) is 3.58. The van der Waals surface area contributed by atoms with Gasteiger partial charge in [0.2, 0.25) is 0 Å². The summed E-state index contributed by atoms with van der Waals surface area (Å²) in [6.07, 6.45) is 3.67. The van der Waals surface area contributed by atoms with E-state index < -0.39 is 15.9 Å². The minimum absolute atomic E-state index is 0.271. The molecule has 0 bridgehead atoms. The van der Waals surface area contributed by atoms with Gasteiger partial charge in [0.1, 0.15) is 0 Å². The van der Waals surface area contributed by atoms with Crippen molar-refractivity contribution in [2.75, 3.05) is 6.26 Å². The van der Waals surface area contributed by atoms with Crippen LogP contribution >= 0.6 is 0 Å². The van der Waals surface area contributed by atoms with E-state index in [2.05, 4.69) is 6.58 Å². The van der Waals surface area contributed by atoms with Crippen molar-refractivity contribution in [2.45, 2.75) is 23.8 Å². The molecule has 0 heterocycles. The highest BCUT2D eigenvalue weighted by Gasteiger charge is 2.09. The Morgan fingerprint density at radius 2 is 1.94 bits per heavy atom. The van der Waals surface area contributed by atoms with E-state index in [1.807, 2.05) is 0 Å². The molecule has 0 saturated heterocycles. The third-order valence-corrected chi connectivity index (χ3v) is 3.47. The quantitative estimate of drug-likeness (QED) is 0.802. The van der Waals surface area contributed by atoms with Crippen LogP contribution in [-0.2, 0) is 9.84 Å². The van der Waals surface area contributed by atoms with Gasteiger partial charge in [-0.25, -0.2) is 8.42 Å². The van der Waals surface area contributed by atoms with Gasteiger partial charge in [0, 0.05) is 6.26 Å². The normalized spacial score (nSPS) is 13.4. The number of hydrogen-bond donors (Lipinski definition) is 1. The molecule has 1 aromatic rings. The molecule has 1 aromatic carbocycles. The van der Waals surface area contributed by atoms with Crippen molar-refractivity contribution in [1.82, 2.24) is 0 Å². The molecule has 1 atom stereocenters. The molecule has 0 fully saturated rings. The number of allylic oxidation sites excluding steroid dienone is 1. The van der Waals surface area contributed by atoms with Crippen LogP contribution in [0.2, 0.25) is 0 Å². The van der Waals surface area contributed by atoms with Gasteiger partial charge in [-0.05, 0) is 30.5 Å². The summed E-state index contributed by atoms with van der Waals surface area (Å²) < 4.78 is 22.4. The van der Waals surface area contributed by atoms with E-state index in [4.69, 9.17) is 0 Å². The zero-order valence-electron chi connectivity index (χ0n) is 9.26. The van der Waals surface area contributed by atoms with E-state index >= 15 is 0 Å². The Kier molecular flexibility index (Phi) is 4.26. The summed E-state index contributed by atoms with van der Waals surface area (Å²) in [5.41, 5.74) is 0.731. The molecule has 0 aliphatic rings. The Labute approximate surface area is 96.4 Å². The van der Waals surface area contributed by atoms with Crippen LogP contribution in [0.3, 0.4) is 0 Å². The summed E-state index contributed by atoms with van der Waals surface area (Å²) in [4.78, 5) is 0.271. The maximum Gasteiger partial charge on any atom is 0.175 e. The lowest BCUT2D eigenvalue weighted by Gasteiger charge is -2.09. The van der Waals surface area contributed by atoms with Crippen LogP contribution in [0.4, 0.5) is 0 Å². The SMILES string of the molecule is C=CCCC(O)c1ccc(S(C)(=O)=O)cc1. The van der Waals surface area contributed by atoms with E-state index in [0.717, 1.165) is 18.2 Å². The predicted molar refractivity (Wildman–Crippen MR) is 63.9 cm³/mol. The van der Waals surface area contributed by atoms with Crippen LogP contribution < -0.4 is 0 Å². The van der Waals surface area contributed by atoms with E-state index in [-0.39, 0.29) is 4.90 Å². The van der Waals surface area contributed by atoms with Gasteiger partial charge in [0.25, 0.3) is 0 Å². The highest BCUT2D eigenvalue weighted by atomic mass is 32.2. The Balaban J connectivity index is 2.82. The van der Waals surface area contributed by atoms with Gasteiger partial charge in [-0.3, -0.25) is 0 Å². The third kappa shape index (κ3) is 3.47. The van der Waals surface area contributed by atoms with E-state index in [0.29, 0.717) is 6.42 Å². The largest absolute Gasteiger partial charge is 0.388 e. The first-order valence-corrected chi connectivity index (χ1v) is 6.93. The topological polar surface area (TPSA) is 54.4 Å². The molecule has 3 nitrogen and oxygen atoms in total. The fraction of sp³-hybridized carbons (Fsp3) is 0.333. The molecule has 0 radical (unpaired) electrons. The standard InChI is InChI=1S/C12H16O3S/c1-3-4-5-12(13)10-6-8-11(9-7-10)16(2,14)15/h3,6-9,12-13H,1,4-5H2,2H3. The number of rotatable bonds is 5. The Morgan fingerprint density at radius 1 is 1.38 bits per heavy atom. The second-order valence-corrected chi connectivity index (χ2v) is 5.74. The van der Waals surface area contributed by atoms with Gasteiger partial charge in [0.15, 0.2) is 9.84 Å². The average Bonchev–Trinajstić information content (AvgIpc) is 2.25.